The molecule has 1 saturated heterocycles. The molecule has 1 aliphatic heterocycles. The molecule has 2 N–H and O–H groups in total. The molecule has 0 radical (unpaired) electrons. The summed E-state index contributed by atoms with van der Waals surface area (Å²) in [6.07, 6.45) is 3.41. The van der Waals surface area contributed by atoms with Crippen molar-refractivity contribution in [1.82, 2.24) is 15.1 Å². The number of likely N-dealkylation sites (tertiary alicyclic amines) is 1. The van der Waals surface area contributed by atoms with Crippen LogP contribution in [0.2, 0.25) is 0 Å². The van der Waals surface area contributed by atoms with Crippen molar-refractivity contribution < 1.29 is 17.6 Å². The number of hydrogen-bond donors (Lipinski definition) is 2. The van der Waals surface area contributed by atoms with Crippen LogP contribution in [-0.2, 0) is 10.0 Å². The third-order valence-corrected chi connectivity index (χ3v) is 6.43. The molecule has 29 heavy (non-hydrogen) atoms. The van der Waals surface area contributed by atoms with Gasteiger partial charge in [-0.05, 0) is 44.4 Å². The van der Waals surface area contributed by atoms with Crippen LogP contribution in [0.3, 0.4) is 0 Å². The summed E-state index contributed by atoms with van der Waals surface area (Å²) in [7, 11) is -3.85. The van der Waals surface area contributed by atoms with Crippen molar-refractivity contribution in [1.29, 1.82) is 0 Å². The molecule has 9 heteroatoms. The van der Waals surface area contributed by atoms with E-state index in [0.29, 0.717) is 30.0 Å². The maximum absolute atomic E-state index is 12.9. The molecule has 4 rings (SSSR count). The van der Waals surface area contributed by atoms with Crippen LogP contribution in [0.4, 0.5) is 5.69 Å². The second-order valence-electron chi connectivity index (χ2n) is 7.16. The van der Waals surface area contributed by atoms with Gasteiger partial charge in [0.15, 0.2) is 5.76 Å². The highest BCUT2D eigenvalue weighted by molar-refractivity contribution is 7.92. The fraction of sp³-hybridized carbons (Fsp3) is 0.300. The monoisotopic (exact) mass is 414 g/mol. The first-order valence-electron chi connectivity index (χ1n) is 9.38. The molecule has 3 aromatic rings. The van der Waals surface area contributed by atoms with Gasteiger partial charge in [-0.1, -0.05) is 12.1 Å². The first-order valence-corrected chi connectivity index (χ1v) is 10.9. The second-order valence-corrected chi connectivity index (χ2v) is 8.81. The molecule has 0 saturated carbocycles. The average Bonchev–Trinajstić information content (AvgIpc) is 3.41. The van der Waals surface area contributed by atoms with Crippen molar-refractivity contribution >= 4 is 21.6 Å². The van der Waals surface area contributed by atoms with Crippen LogP contribution in [0.25, 0.3) is 11.5 Å². The van der Waals surface area contributed by atoms with Crippen molar-refractivity contribution in [3.05, 3.63) is 53.4 Å². The standard InChI is InChI=1S/C20H22N4O4S/c1-13-6-5-7-15(10-13)23-29(26,27)18-11-17(28-14(18)2)19-16(12-21-22-19)20(25)24-8-3-4-9-24/h5-7,10-12,23H,3-4,8-9H2,1-2H3,(H,21,22). The van der Waals surface area contributed by atoms with Crippen LogP contribution in [0.5, 0.6) is 0 Å². The van der Waals surface area contributed by atoms with E-state index in [0.717, 1.165) is 18.4 Å². The van der Waals surface area contributed by atoms with Gasteiger partial charge >= 0.3 is 0 Å². The molecule has 0 atom stereocenters. The smallest absolute Gasteiger partial charge is 0.265 e. The van der Waals surface area contributed by atoms with E-state index >= 15 is 0 Å². The number of aromatic amines is 1. The highest BCUT2D eigenvalue weighted by Crippen LogP contribution is 2.31. The highest BCUT2D eigenvalue weighted by atomic mass is 32.2. The van der Waals surface area contributed by atoms with Crippen molar-refractivity contribution in [2.24, 2.45) is 0 Å². The lowest BCUT2D eigenvalue weighted by Gasteiger charge is -2.14. The van der Waals surface area contributed by atoms with Gasteiger partial charge in [0.05, 0.1) is 11.8 Å². The number of hydrogen-bond acceptors (Lipinski definition) is 5. The van der Waals surface area contributed by atoms with Gasteiger partial charge in [-0.15, -0.1) is 0 Å². The number of aromatic nitrogens is 2. The summed E-state index contributed by atoms with van der Waals surface area (Å²) in [5, 5.41) is 6.74. The van der Waals surface area contributed by atoms with E-state index in [4.69, 9.17) is 4.42 Å². The molecular weight excluding hydrogens is 392 g/mol. The van der Waals surface area contributed by atoms with E-state index in [2.05, 4.69) is 14.9 Å². The van der Waals surface area contributed by atoms with Gasteiger partial charge < -0.3 is 9.32 Å². The lowest BCUT2D eigenvalue weighted by Crippen LogP contribution is -2.27. The molecule has 1 fully saturated rings. The minimum atomic E-state index is -3.85. The Morgan fingerprint density at radius 2 is 1.97 bits per heavy atom. The zero-order chi connectivity index (χ0) is 20.6. The Bertz CT molecular complexity index is 1160. The zero-order valence-corrected chi connectivity index (χ0v) is 17.0. The summed E-state index contributed by atoms with van der Waals surface area (Å²) in [4.78, 5) is 14.5. The highest BCUT2D eigenvalue weighted by Gasteiger charge is 2.28. The number of carbonyl (C=O) groups is 1. The zero-order valence-electron chi connectivity index (χ0n) is 16.2. The van der Waals surface area contributed by atoms with Gasteiger partial charge in [-0.25, -0.2) is 8.42 Å². The number of rotatable bonds is 5. The predicted octanol–water partition coefficient (Wildman–Crippen LogP) is 3.32. The molecule has 3 heterocycles. The van der Waals surface area contributed by atoms with Gasteiger partial charge in [0, 0.05) is 24.8 Å². The Labute approximate surface area is 169 Å². The van der Waals surface area contributed by atoms with Crippen LogP contribution in [0, 0.1) is 13.8 Å². The second kappa shape index (κ2) is 7.40. The lowest BCUT2D eigenvalue weighted by atomic mass is 10.2. The van der Waals surface area contributed by atoms with Gasteiger partial charge in [0.1, 0.15) is 16.3 Å². The molecule has 8 nitrogen and oxygen atoms in total. The van der Waals surface area contributed by atoms with Crippen molar-refractivity contribution in [2.45, 2.75) is 31.6 Å². The molecule has 0 aliphatic carbocycles. The van der Waals surface area contributed by atoms with Crippen molar-refractivity contribution in [2.75, 3.05) is 17.8 Å². The maximum atomic E-state index is 12.9. The largest absolute Gasteiger partial charge is 0.458 e. The van der Waals surface area contributed by atoms with Gasteiger partial charge in [0.25, 0.3) is 15.9 Å². The van der Waals surface area contributed by atoms with Crippen molar-refractivity contribution in [3.63, 3.8) is 0 Å². The number of aryl methyl sites for hydroxylation is 2. The SMILES string of the molecule is Cc1cccc(NS(=O)(=O)c2cc(-c3[nH]ncc3C(=O)N3CCCC3)oc2C)c1. The number of carbonyl (C=O) groups excluding carboxylic acids is 1. The number of amides is 1. The van der Waals surface area contributed by atoms with Crippen LogP contribution >= 0.6 is 0 Å². The van der Waals surface area contributed by atoms with Gasteiger partial charge in [-0.2, -0.15) is 5.10 Å². The Morgan fingerprint density at radius 1 is 1.21 bits per heavy atom. The summed E-state index contributed by atoms with van der Waals surface area (Å²) >= 11 is 0. The minimum absolute atomic E-state index is 0.0168. The fourth-order valence-electron chi connectivity index (χ4n) is 3.50. The molecular formula is C20H22N4O4S. The van der Waals surface area contributed by atoms with E-state index in [9.17, 15) is 13.2 Å². The minimum Gasteiger partial charge on any atom is -0.458 e. The molecule has 1 amide bonds. The molecule has 0 bridgehead atoms. The first-order chi connectivity index (χ1) is 13.8. The van der Waals surface area contributed by atoms with Gasteiger partial charge in [-0.3, -0.25) is 14.6 Å². The average molecular weight is 414 g/mol. The number of furan rings is 1. The molecule has 152 valence electrons. The quantitative estimate of drug-likeness (QED) is 0.666. The Hall–Kier alpha value is -3.07. The normalized spacial score (nSPS) is 14.3. The maximum Gasteiger partial charge on any atom is 0.265 e. The first kappa shape index (κ1) is 19.3. The van der Waals surface area contributed by atoms with Crippen LogP contribution in [0.15, 0.2) is 45.8 Å². The van der Waals surface area contributed by atoms with E-state index in [1.807, 2.05) is 13.0 Å². The topological polar surface area (TPSA) is 108 Å². The van der Waals surface area contributed by atoms with Crippen LogP contribution in [-0.4, -0.2) is 42.5 Å². The molecule has 0 spiro atoms. The Morgan fingerprint density at radius 3 is 2.69 bits per heavy atom. The Kier molecular flexibility index (Phi) is 4.91. The lowest BCUT2D eigenvalue weighted by molar-refractivity contribution is 0.0793. The number of nitrogens with one attached hydrogen (secondary N) is 2. The molecule has 1 aliphatic rings. The third kappa shape index (κ3) is 3.77. The van der Waals surface area contributed by atoms with Crippen molar-refractivity contribution in [3.8, 4) is 11.5 Å². The summed E-state index contributed by atoms with van der Waals surface area (Å²) in [5.74, 6) is 0.351. The van der Waals surface area contributed by atoms with E-state index in [1.54, 1.807) is 30.0 Å². The molecule has 0 unspecified atom stereocenters. The molecule has 1 aromatic carbocycles. The van der Waals surface area contributed by atoms with Crippen LogP contribution < -0.4 is 4.72 Å². The third-order valence-electron chi connectivity index (χ3n) is 4.94. The summed E-state index contributed by atoms with van der Waals surface area (Å²) in [6.45, 7) is 4.88. The number of nitrogens with zero attached hydrogens (tertiary/aromatic N) is 2. The van der Waals surface area contributed by atoms with E-state index in [1.165, 1.54) is 12.3 Å². The summed E-state index contributed by atoms with van der Waals surface area (Å²) in [6, 6.07) is 8.51. The number of anilines is 1. The number of H-pyrrole nitrogens is 1. The predicted molar refractivity (Wildman–Crippen MR) is 108 cm³/mol. The summed E-state index contributed by atoms with van der Waals surface area (Å²) < 4.78 is 34.0. The van der Waals surface area contributed by atoms with E-state index < -0.39 is 10.0 Å². The molecule has 2 aromatic heterocycles. The number of sulfonamides is 1. The van der Waals surface area contributed by atoms with Crippen LogP contribution in [0.1, 0.15) is 34.5 Å². The fourth-order valence-corrected chi connectivity index (χ4v) is 4.73. The summed E-state index contributed by atoms with van der Waals surface area (Å²) in [5.41, 5.74) is 2.16. The Balaban J connectivity index is 1.65. The number of benzene rings is 1. The van der Waals surface area contributed by atoms with E-state index in [-0.39, 0.29) is 22.3 Å². The van der Waals surface area contributed by atoms with Gasteiger partial charge in [0.2, 0.25) is 0 Å².